The van der Waals surface area contributed by atoms with Crippen LogP contribution < -0.4 is 4.31 Å². The van der Waals surface area contributed by atoms with Gasteiger partial charge in [0.15, 0.2) is 0 Å². The van der Waals surface area contributed by atoms with Crippen LogP contribution in [-0.2, 0) is 10.0 Å². The smallest absolute Gasteiger partial charge is 0.271 e. The number of likely N-dealkylation sites (N-methyl/N-ethyl adjacent to an activating group) is 1. The summed E-state index contributed by atoms with van der Waals surface area (Å²) in [5, 5.41) is 21.4. The lowest BCUT2D eigenvalue weighted by Gasteiger charge is -2.28. The Bertz CT molecular complexity index is 897. The van der Waals surface area contributed by atoms with Gasteiger partial charge in [0.25, 0.3) is 15.7 Å². The van der Waals surface area contributed by atoms with Crippen molar-refractivity contribution in [3.8, 4) is 0 Å². The minimum atomic E-state index is -4.01. The molecular formula is C18H23N3O5S. The first kappa shape index (κ1) is 20.8. The van der Waals surface area contributed by atoms with E-state index < -0.39 is 21.1 Å². The molecule has 2 aromatic carbocycles. The average molecular weight is 393 g/mol. The Morgan fingerprint density at radius 3 is 2.30 bits per heavy atom. The van der Waals surface area contributed by atoms with Gasteiger partial charge in [-0.2, -0.15) is 0 Å². The minimum absolute atomic E-state index is 0.0525. The number of hydrogen-bond donors (Lipinski definition) is 1. The summed E-state index contributed by atoms with van der Waals surface area (Å²) in [6.07, 6.45) is -0.973. The number of aryl methyl sites for hydroxylation is 1. The molecule has 146 valence electrons. The van der Waals surface area contributed by atoms with Gasteiger partial charge in [-0.1, -0.05) is 23.8 Å². The zero-order valence-electron chi connectivity index (χ0n) is 15.4. The first-order valence-corrected chi connectivity index (χ1v) is 9.72. The van der Waals surface area contributed by atoms with Crippen LogP contribution in [0.4, 0.5) is 11.4 Å². The molecule has 8 nitrogen and oxygen atoms in total. The van der Waals surface area contributed by atoms with E-state index in [0.717, 1.165) is 9.87 Å². The molecule has 9 heteroatoms. The van der Waals surface area contributed by atoms with E-state index in [1.54, 1.807) is 31.1 Å². The average Bonchev–Trinajstić information content (AvgIpc) is 2.59. The van der Waals surface area contributed by atoms with E-state index in [0.29, 0.717) is 0 Å². The molecule has 0 amide bonds. The highest BCUT2D eigenvalue weighted by atomic mass is 32.2. The fourth-order valence-electron chi connectivity index (χ4n) is 2.61. The Labute approximate surface area is 158 Å². The van der Waals surface area contributed by atoms with Crippen LogP contribution in [0.15, 0.2) is 53.4 Å². The van der Waals surface area contributed by atoms with Crippen molar-refractivity contribution in [2.75, 3.05) is 31.5 Å². The van der Waals surface area contributed by atoms with E-state index >= 15 is 0 Å². The second-order valence-corrected chi connectivity index (χ2v) is 8.40. The van der Waals surface area contributed by atoms with Crippen molar-refractivity contribution in [1.29, 1.82) is 0 Å². The summed E-state index contributed by atoms with van der Waals surface area (Å²) >= 11 is 0. The predicted octanol–water partition coefficient (Wildman–Crippen LogP) is 2.02. The lowest BCUT2D eigenvalue weighted by Crippen LogP contribution is -2.41. The predicted molar refractivity (Wildman–Crippen MR) is 103 cm³/mol. The number of nitrogens with zero attached hydrogens (tertiary/aromatic N) is 3. The van der Waals surface area contributed by atoms with Gasteiger partial charge in [0.2, 0.25) is 0 Å². The van der Waals surface area contributed by atoms with Gasteiger partial charge in [0.05, 0.1) is 28.2 Å². The molecule has 0 saturated heterocycles. The van der Waals surface area contributed by atoms with Crippen LogP contribution in [0.5, 0.6) is 0 Å². The number of non-ortho nitro benzene ring substituents is 1. The molecule has 0 spiro atoms. The number of nitro benzene ring substituents is 1. The Morgan fingerprint density at radius 2 is 1.74 bits per heavy atom. The van der Waals surface area contributed by atoms with Crippen molar-refractivity contribution >= 4 is 21.4 Å². The number of sulfonamides is 1. The number of rotatable bonds is 8. The molecular weight excluding hydrogens is 370 g/mol. The molecule has 0 unspecified atom stereocenters. The standard InChI is InChI=1S/C18H23N3O5S/c1-14-7-9-18(10-8-14)27(25,26)20(13-17(22)12-19(2)3)15-5-4-6-16(11-15)21(23)24/h4-11,17,22H,12-13H2,1-3H3/t17-/m0/s1. The van der Waals surface area contributed by atoms with Crippen LogP contribution in [0.3, 0.4) is 0 Å². The Balaban J connectivity index is 2.50. The molecule has 0 aliphatic carbocycles. The van der Waals surface area contributed by atoms with Crippen molar-refractivity contribution in [2.24, 2.45) is 0 Å². The van der Waals surface area contributed by atoms with Gasteiger partial charge in [-0.05, 0) is 39.2 Å². The molecule has 0 aromatic heterocycles. The largest absolute Gasteiger partial charge is 0.390 e. The lowest BCUT2D eigenvalue weighted by molar-refractivity contribution is -0.384. The van der Waals surface area contributed by atoms with Gasteiger partial charge in [0.1, 0.15) is 0 Å². The zero-order valence-corrected chi connectivity index (χ0v) is 16.3. The molecule has 2 rings (SSSR count). The summed E-state index contributed by atoms with van der Waals surface area (Å²) in [7, 11) is -0.493. The second kappa shape index (κ2) is 8.47. The van der Waals surface area contributed by atoms with Crippen molar-refractivity contribution in [1.82, 2.24) is 4.90 Å². The minimum Gasteiger partial charge on any atom is -0.390 e. The summed E-state index contributed by atoms with van der Waals surface area (Å²) in [5.41, 5.74) is 0.810. The fraction of sp³-hybridized carbons (Fsp3) is 0.333. The maximum Gasteiger partial charge on any atom is 0.271 e. The van der Waals surface area contributed by atoms with Gasteiger partial charge in [-0.15, -0.1) is 0 Å². The van der Waals surface area contributed by atoms with E-state index in [1.165, 1.54) is 36.4 Å². The first-order valence-electron chi connectivity index (χ1n) is 8.28. The van der Waals surface area contributed by atoms with Gasteiger partial charge in [0, 0.05) is 18.7 Å². The summed E-state index contributed by atoms with van der Waals surface area (Å²) < 4.78 is 27.4. The summed E-state index contributed by atoms with van der Waals surface area (Å²) in [6.45, 7) is 1.86. The third-order valence-corrected chi connectivity index (χ3v) is 5.70. The molecule has 0 radical (unpaired) electrons. The van der Waals surface area contributed by atoms with Crippen LogP contribution in [0, 0.1) is 17.0 Å². The maximum absolute atomic E-state index is 13.2. The molecule has 1 N–H and O–H groups in total. The topological polar surface area (TPSA) is 104 Å². The Kier molecular flexibility index (Phi) is 6.53. The monoisotopic (exact) mass is 393 g/mol. The second-order valence-electron chi connectivity index (χ2n) is 6.54. The summed E-state index contributed by atoms with van der Waals surface area (Å²) in [6, 6.07) is 11.7. The quantitative estimate of drug-likeness (QED) is 0.544. The summed E-state index contributed by atoms with van der Waals surface area (Å²) in [5.74, 6) is 0. The van der Waals surface area contributed by atoms with Crippen LogP contribution in [0.2, 0.25) is 0 Å². The number of aliphatic hydroxyl groups is 1. The van der Waals surface area contributed by atoms with Gasteiger partial charge in [-0.25, -0.2) is 8.42 Å². The van der Waals surface area contributed by atoms with Gasteiger partial charge < -0.3 is 10.0 Å². The van der Waals surface area contributed by atoms with E-state index in [4.69, 9.17) is 0 Å². The van der Waals surface area contributed by atoms with Crippen LogP contribution >= 0.6 is 0 Å². The highest BCUT2D eigenvalue weighted by Gasteiger charge is 2.28. The van der Waals surface area contributed by atoms with E-state index in [9.17, 15) is 23.6 Å². The van der Waals surface area contributed by atoms with Crippen molar-refractivity contribution in [3.05, 3.63) is 64.2 Å². The normalized spacial score (nSPS) is 12.8. The van der Waals surface area contributed by atoms with Crippen LogP contribution in [0.25, 0.3) is 0 Å². The van der Waals surface area contributed by atoms with Crippen molar-refractivity contribution in [3.63, 3.8) is 0 Å². The zero-order chi connectivity index (χ0) is 20.2. The number of anilines is 1. The van der Waals surface area contributed by atoms with E-state index in [-0.39, 0.29) is 29.4 Å². The molecule has 0 heterocycles. The number of nitro groups is 1. The summed E-state index contributed by atoms with van der Waals surface area (Å²) in [4.78, 5) is 12.3. The maximum atomic E-state index is 13.2. The molecule has 0 saturated carbocycles. The van der Waals surface area contributed by atoms with Crippen molar-refractivity contribution < 1.29 is 18.4 Å². The Morgan fingerprint density at radius 1 is 1.11 bits per heavy atom. The third kappa shape index (κ3) is 5.25. The third-order valence-electron chi connectivity index (χ3n) is 3.89. The highest BCUT2D eigenvalue weighted by Crippen LogP contribution is 2.27. The number of aliphatic hydroxyl groups excluding tert-OH is 1. The molecule has 2 aromatic rings. The Hall–Kier alpha value is -2.49. The highest BCUT2D eigenvalue weighted by molar-refractivity contribution is 7.92. The SMILES string of the molecule is Cc1ccc(S(=O)(=O)N(C[C@@H](O)CN(C)C)c2cccc([N+](=O)[O-])c2)cc1. The van der Waals surface area contributed by atoms with E-state index in [2.05, 4.69) is 0 Å². The van der Waals surface area contributed by atoms with E-state index in [1.807, 2.05) is 6.92 Å². The van der Waals surface area contributed by atoms with Crippen molar-refractivity contribution in [2.45, 2.75) is 17.9 Å². The van der Waals surface area contributed by atoms with Gasteiger partial charge in [-0.3, -0.25) is 14.4 Å². The fourth-order valence-corrected chi connectivity index (χ4v) is 4.11. The number of hydrogen-bond acceptors (Lipinski definition) is 6. The molecule has 0 fully saturated rings. The molecule has 1 atom stereocenters. The van der Waals surface area contributed by atoms with Crippen LogP contribution in [0.1, 0.15) is 5.56 Å². The molecule has 0 aliphatic rings. The molecule has 27 heavy (non-hydrogen) atoms. The first-order chi connectivity index (χ1) is 12.6. The van der Waals surface area contributed by atoms with Crippen LogP contribution in [-0.4, -0.2) is 56.6 Å². The molecule has 0 bridgehead atoms. The lowest BCUT2D eigenvalue weighted by atomic mass is 10.2. The molecule has 0 aliphatic heterocycles. The van der Waals surface area contributed by atoms with Gasteiger partial charge >= 0.3 is 0 Å². The number of benzene rings is 2.